The summed E-state index contributed by atoms with van der Waals surface area (Å²) < 4.78 is 93.1. The zero-order chi connectivity index (χ0) is 66.6. The molecule has 478 valence electrons. The van der Waals surface area contributed by atoms with Gasteiger partial charge in [-0.05, 0) is 85.6 Å². The molecule has 94 heavy (non-hydrogen) atoms. The Morgan fingerprint density at radius 2 is 0.883 bits per heavy atom. The van der Waals surface area contributed by atoms with Crippen LogP contribution in [0.1, 0.15) is 77.1 Å². The fourth-order valence-electron chi connectivity index (χ4n) is 9.87. The van der Waals surface area contributed by atoms with Crippen molar-refractivity contribution in [3.05, 3.63) is 234 Å². The van der Waals surface area contributed by atoms with Gasteiger partial charge in [0.2, 0.25) is 5.78 Å². The lowest BCUT2D eigenvalue weighted by molar-refractivity contribution is 0.103. The van der Waals surface area contributed by atoms with Gasteiger partial charge < -0.3 is 51.2 Å². The molecule has 0 radical (unpaired) electrons. The van der Waals surface area contributed by atoms with E-state index in [0.717, 1.165) is 71.3 Å². The molecule has 9 heterocycles. The van der Waals surface area contributed by atoms with Crippen LogP contribution in [-0.2, 0) is 4.74 Å². The second-order valence-corrected chi connectivity index (χ2v) is 20.7. The van der Waals surface area contributed by atoms with Crippen LogP contribution in [0.5, 0.6) is 0 Å². The highest BCUT2D eigenvalue weighted by Crippen LogP contribution is 2.38. The summed E-state index contributed by atoms with van der Waals surface area (Å²) in [6.45, 7) is 4.54. The molecule has 0 saturated carbocycles. The second kappa shape index (κ2) is 29.4. The number of pyridine rings is 6. The minimum Gasteiger partial charge on any atom is -0.453 e. The van der Waals surface area contributed by atoms with Crippen LogP contribution < -0.4 is 26.6 Å². The molecule has 0 spiro atoms. The number of hydrogen-bond donors (Lipinski definition) is 10. The van der Waals surface area contributed by atoms with E-state index in [2.05, 4.69) is 76.2 Å². The van der Waals surface area contributed by atoms with Crippen molar-refractivity contribution in [2.45, 2.75) is 38.9 Å². The van der Waals surface area contributed by atoms with E-state index in [-0.39, 0.29) is 33.8 Å². The van der Waals surface area contributed by atoms with E-state index in [4.69, 9.17) is 0 Å². The van der Waals surface area contributed by atoms with Gasteiger partial charge in [0.25, 0.3) is 0 Å². The first kappa shape index (κ1) is 65.1. The average molecular weight is 1280 g/mol. The van der Waals surface area contributed by atoms with Crippen LogP contribution in [0.4, 0.5) is 57.8 Å². The van der Waals surface area contributed by atoms with E-state index in [1.165, 1.54) is 18.6 Å². The van der Waals surface area contributed by atoms with Gasteiger partial charge in [-0.15, -0.1) is 0 Å². The summed E-state index contributed by atoms with van der Waals surface area (Å²) in [6, 6.07) is 21.0. The molecular weight excluding hydrogens is 1230 g/mol. The number of hydrogen-bond acceptors (Lipinski definition) is 13. The van der Waals surface area contributed by atoms with Gasteiger partial charge >= 0.3 is 18.2 Å². The number of nitrogens with zero attached hydrogens (tertiary/aromatic N) is 6. The van der Waals surface area contributed by atoms with Gasteiger partial charge in [0.05, 0.1) is 40.9 Å². The highest BCUT2D eigenvalue weighted by molar-refractivity contribution is 6.17. The van der Waals surface area contributed by atoms with Crippen LogP contribution in [0.25, 0.3) is 66.5 Å². The van der Waals surface area contributed by atoms with Crippen molar-refractivity contribution in [2.24, 2.45) is 0 Å². The lowest BCUT2D eigenvalue weighted by atomic mass is 9.98. The Balaban J connectivity index is 0.000000154. The van der Waals surface area contributed by atoms with E-state index in [9.17, 15) is 47.0 Å². The Bertz CT molecular complexity index is 4730. The Morgan fingerprint density at radius 1 is 0.489 bits per heavy atom. The first-order valence-corrected chi connectivity index (χ1v) is 28.9. The maximum atomic E-state index is 15.1. The van der Waals surface area contributed by atoms with Crippen molar-refractivity contribution >= 4 is 74.1 Å². The predicted octanol–water partition coefficient (Wildman–Crippen LogP) is 13.3. The molecule has 21 nitrogen and oxygen atoms in total. The van der Waals surface area contributed by atoms with E-state index in [0.29, 0.717) is 64.6 Å². The number of anilines is 3. The summed E-state index contributed by atoms with van der Waals surface area (Å²) in [5, 5.41) is 35.1. The lowest BCUT2D eigenvalue weighted by Crippen LogP contribution is -2.29. The number of aliphatic hydroxyl groups is 2. The molecule has 0 aliphatic carbocycles. The molecule has 10 N–H and O–H groups in total. The summed E-state index contributed by atoms with van der Waals surface area (Å²) in [5.74, 6) is -7.08. The maximum absolute atomic E-state index is 15.1. The summed E-state index contributed by atoms with van der Waals surface area (Å²) >= 11 is 0. The summed E-state index contributed by atoms with van der Waals surface area (Å²) in [7, 11) is 1.12. The lowest BCUT2D eigenvalue weighted by Gasteiger charge is -2.16. The third-order valence-electron chi connectivity index (χ3n) is 14.6. The molecule has 0 bridgehead atoms. The topological polar surface area (TPSA) is 303 Å². The third kappa shape index (κ3) is 14.3. The number of nitrogens with one attached hydrogen (secondary N) is 8. The number of benzene rings is 3. The van der Waals surface area contributed by atoms with Gasteiger partial charge in [-0.3, -0.25) is 25.1 Å². The first-order chi connectivity index (χ1) is 45.5. The number of halogens is 6. The maximum Gasteiger partial charge on any atom is 0.411 e. The number of ether oxygens (including phenoxy) is 1. The Kier molecular flexibility index (Phi) is 20.4. The molecular formula is C67H56F6N14O7. The summed E-state index contributed by atoms with van der Waals surface area (Å²) in [6.07, 6.45) is 16.3. The molecule has 2 unspecified atom stereocenters. The van der Waals surface area contributed by atoms with E-state index >= 15 is 8.78 Å². The van der Waals surface area contributed by atoms with E-state index in [1.807, 2.05) is 32.0 Å². The monoisotopic (exact) mass is 1280 g/mol. The van der Waals surface area contributed by atoms with Crippen molar-refractivity contribution in [3.8, 4) is 33.4 Å². The molecule has 0 saturated heterocycles. The van der Waals surface area contributed by atoms with Crippen molar-refractivity contribution in [3.63, 3.8) is 0 Å². The Hall–Kier alpha value is -11.8. The van der Waals surface area contributed by atoms with Gasteiger partial charge in [-0.1, -0.05) is 32.0 Å². The summed E-state index contributed by atoms with van der Waals surface area (Å²) in [5.41, 5.74) is 3.64. The number of aliphatic hydroxyl groups excluding tert-OH is 2. The van der Waals surface area contributed by atoms with Gasteiger partial charge in [-0.2, -0.15) is 0 Å². The quantitative estimate of drug-likeness (QED) is 0.0318. The van der Waals surface area contributed by atoms with Crippen molar-refractivity contribution < 1.29 is 60.5 Å². The molecule has 0 aliphatic rings. The minimum absolute atomic E-state index is 0.0589. The zero-order valence-electron chi connectivity index (χ0n) is 50.0. The van der Waals surface area contributed by atoms with E-state index < -0.39 is 87.7 Å². The van der Waals surface area contributed by atoms with Crippen LogP contribution in [0.15, 0.2) is 165 Å². The number of ketones is 1. The number of fused-ring (bicyclic) bond motifs is 3. The highest BCUT2D eigenvalue weighted by atomic mass is 19.2. The van der Waals surface area contributed by atoms with Gasteiger partial charge in [0.15, 0.2) is 17.5 Å². The average Bonchev–Trinajstić information content (AvgIpc) is 1.57. The Labute approximate surface area is 530 Å². The molecule has 12 aromatic rings. The molecule has 5 amide bonds. The largest absolute Gasteiger partial charge is 0.453 e. The first-order valence-electron chi connectivity index (χ1n) is 28.9. The Morgan fingerprint density at radius 3 is 1.30 bits per heavy atom. The normalized spacial score (nSPS) is 11.6. The zero-order valence-corrected chi connectivity index (χ0v) is 50.0. The highest BCUT2D eigenvalue weighted by Gasteiger charge is 2.29. The smallest absolute Gasteiger partial charge is 0.411 e. The second-order valence-electron chi connectivity index (χ2n) is 20.7. The molecule has 2 atom stereocenters. The van der Waals surface area contributed by atoms with Crippen LogP contribution >= 0.6 is 0 Å². The molecule has 12 rings (SSSR count). The molecule has 9 aromatic heterocycles. The summed E-state index contributed by atoms with van der Waals surface area (Å²) in [4.78, 5) is 82.2. The molecule has 27 heteroatoms. The van der Waals surface area contributed by atoms with Gasteiger partial charge in [-0.25, -0.2) is 55.7 Å². The SMILES string of the molecule is CCCNC(=O)Nc1ccc(F)c(C(=O)c2c[nH]c3ncc(-c4cccnc4)cc23)c1F.CCCNC(=O)Nc1ccc(F)c(C(O)c2c[nH]c3ncc(-c4cccnc4)cc23)c1F.COC(=O)Nc1ccc(F)c(C(O)c2c[nH]c3ncc(-c4cccnc4)cc23)c1F. The predicted molar refractivity (Wildman–Crippen MR) is 339 cm³/mol. The number of aromatic nitrogens is 9. The van der Waals surface area contributed by atoms with E-state index in [1.54, 1.807) is 92.2 Å². The fraction of sp³-hybridized carbons (Fsp3) is 0.134. The number of urea groups is 2. The van der Waals surface area contributed by atoms with Crippen molar-refractivity contribution in [2.75, 3.05) is 36.1 Å². The fourth-order valence-corrected chi connectivity index (χ4v) is 9.87. The third-order valence-corrected chi connectivity index (χ3v) is 14.6. The minimum atomic E-state index is -1.65. The number of rotatable bonds is 16. The number of carbonyl (C=O) groups is 4. The van der Waals surface area contributed by atoms with Crippen LogP contribution in [0.3, 0.4) is 0 Å². The molecule has 0 fully saturated rings. The van der Waals surface area contributed by atoms with Gasteiger partial charge in [0.1, 0.15) is 46.6 Å². The number of aromatic amines is 3. The van der Waals surface area contributed by atoms with Crippen molar-refractivity contribution in [1.29, 1.82) is 0 Å². The van der Waals surface area contributed by atoms with Gasteiger partial charge in [0, 0.05) is 154 Å². The number of carbonyl (C=O) groups excluding carboxylic acids is 4. The van der Waals surface area contributed by atoms with Crippen LogP contribution in [0.2, 0.25) is 0 Å². The molecule has 0 aliphatic heterocycles. The van der Waals surface area contributed by atoms with Crippen molar-refractivity contribution in [1.82, 2.24) is 55.5 Å². The standard InChI is InChI=1S/C23H21F2N5O2.C23H19F2N5O2.C21H16F2N4O3/c2*1-2-7-27-23(32)30-18-6-5-17(24)19(20(18)25)21(31)16-12-29-22-15(16)9-14(11-28-22)13-4-3-8-26-10-13;1-30-21(29)27-16-5-4-15(22)17(18(16)23)19(28)14-10-26-20-13(14)7-12(9-25-20)11-3-2-6-24-8-11/h3-6,8-12,21,31H,2,7H2,1H3,(H,28,29)(H2,27,30,32);3-6,8-12H,2,7H2,1H3,(H,28,29)(H2,27,30,32);2-10,19,28H,1H3,(H,25,26)(H,27,29). The van der Waals surface area contributed by atoms with Crippen LogP contribution in [0, 0.1) is 34.9 Å². The molecule has 3 aromatic carbocycles. The number of methoxy groups -OCH3 is 1. The van der Waals surface area contributed by atoms with Crippen LogP contribution in [-0.4, -0.2) is 99.2 Å². The number of H-pyrrole nitrogens is 3. The number of amides is 5.